The molecule has 3 nitrogen and oxygen atoms in total. The van der Waals surface area contributed by atoms with E-state index >= 15 is 0 Å². The monoisotopic (exact) mass is 263 g/mol. The number of nitrogens with zero attached hydrogens (tertiary/aromatic N) is 1. The van der Waals surface area contributed by atoms with Gasteiger partial charge in [0, 0.05) is 6.54 Å². The second-order valence-corrected chi connectivity index (χ2v) is 4.55. The van der Waals surface area contributed by atoms with Crippen molar-refractivity contribution in [2.24, 2.45) is 0 Å². The Morgan fingerprint density at radius 2 is 1.78 bits per heavy atom. The highest BCUT2D eigenvalue weighted by molar-refractivity contribution is 6.55. The molecule has 0 aliphatic carbocycles. The summed E-state index contributed by atoms with van der Waals surface area (Å²) in [7, 11) is 0. The predicted molar refractivity (Wildman–Crippen MR) is 70.8 cm³/mol. The summed E-state index contributed by atoms with van der Waals surface area (Å²) in [5, 5.41) is 0.0299. The third-order valence-corrected chi connectivity index (χ3v) is 3.26. The number of unbranched alkanes of at least 4 members (excludes halogenated alkanes) is 1. The van der Waals surface area contributed by atoms with Gasteiger partial charge in [0.1, 0.15) is 5.03 Å². The second-order valence-electron chi connectivity index (χ2n) is 4.17. The van der Waals surface area contributed by atoms with E-state index in [0.717, 1.165) is 12.8 Å². The predicted octanol–water partition coefficient (Wildman–Crippen LogP) is 2.81. The van der Waals surface area contributed by atoms with Crippen molar-refractivity contribution in [1.29, 1.82) is 0 Å². The Morgan fingerprint density at radius 1 is 1.11 bits per heavy atom. The zero-order chi connectivity index (χ0) is 13.1. The Hall–Kier alpha value is -1.61. The van der Waals surface area contributed by atoms with Gasteiger partial charge >= 0.3 is 0 Å². The first-order valence-corrected chi connectivity index (χ1v) is 6.36. The molecule has 1 aliphatic heterocycles. The minimum Gasteiger partial charge on any atom is -0.274 e. The molecule has 0 unspecified atom stereocenters. The van der Waals surface area contributed by atoms with Crippen LogP contribution in [0.15, 0.2) is 35.4 Å². The highest BCUT2D eigenvalue weighted by atomic mass is 35.5. The molecule has 1 heterocycles. The first kappa shape index (κ1) is 12.8. The smallest absolute Gasteiger partial charge is 0.273 e. The Labute approximate surface area is 111 Å². The summed E-state index contributed by atoms with van der Waals surface area (Å²) in [5.41, 5.74) is 1.01. The van der Waals surface area contributed by atoms with E-state index in [-0.39, 0.29) is 16.8 Å². The van der Waals surface area contributed by atoms with Crippen LogP contribution in [0, 0.1) is 0 Å². The Morgan fingerprint density at radius 3 is 2.39 bits per heavy atom. The third-order valence-electron chi connectivity index (χ3n) is 2.91. The Bertz CT molecular complexity index is 508. The fourth-order valence-corrected chi connectivity index (χ4v) is 2.21. The first-order valence-electron chi connectivity index (χ1n) is 5.98. The van der Waals surface area contributed by atoms with Crippen molar-refractivity contribution in [2.75, 3.05) is 6.54 Å². The second kappa shape index (κ2) is 5.36. The average molecular weight is 264 g/mol. The molecule has 0 bridgehead atoms. The van der Waals surface area contributed by atoms with Gasteiger partial charge in [0.05, 0.1) is 5.57 Å². The zero-order valence-electron chi connectivity index (χ0n) is 10.1. The van der Waals surface area contributed by atoms with Gasteiger partial charge in [-0.05, 0) is 12.0 Å². The summed E-state index contributed by atoms with van der Waals surface area (Å²) < 4.78 is 0. The van der Waals surface area contributed by atoms with Crippen LogP contribution in [0.2, 0.25) is 0 Å². The van der Waals surface area contributed by atoms with Crippen molar-refractivity contribution in [3.63, 3.8) is 0 Å². The Kier molecular flexibility index (Phi) is 3.82. The topological polar surface area (TPSA) is 37.4 Å². The van der Waals surface area contributed by atoms with E-state index in [1.807, 2.05) is 25.1 Å². The van der Waals surface area contributed by atoms with Crippen LogP contribution in [0.4, 0.5) is 0 Å². The number of rotatable bonds is 4. The summed E-state index contributed by atoms with van der Waals surface area (Å²) in [6.07, 6.45) is 1.72. The van der Waals surface area contributed by atoms with Crippen LogP contribution in [-0.2, 0) is 9.59 Å². The summed E-state index contributed by atoms with van der Waals surface area (Å²) in [5.74, 6) is -0.668. The molecule has 0 N–H and O–H groups in total. The van der Waals surface area contributed by atoms with Crippen molar-refractivity contribution in [3.8, 4) is 0 Å². The van der Waals surface area contributed by atoms with E-state index in [2.05, 4.69) is 0 Å². The number of benzene rings is 1. The zero-order valence-corrected chi connectivity index (χ0v) is 10.9. The standard InChI is InChI=1S/C14H14ClNO2/c1-2-3-9-16-13(17)11(12(15)14(16)18)10-7-5-4-6-8-10/h4-8H,2-3,9H2,1H3. The van der Waals surface area contributed by atoms with Gasteiger partial charge in [0.2, 0.25) is 0 Å². The van der Waals surface area contributed by atoms with Gasteiger partial charge in [0.25, 0.3) is 11.8 Å². The van der Waals surface area contributed by atoms with Crippen LogP contribution in [0.5, 0.6) is 0 Å². The molecule has 1 aliphatic rings. The number of imide groups is 1. The summed E-state index contributed by atoms with van der Waals surface area (Å²) in [6, 6.07) is 9.06. The molecule has 4 heteroatoms. The quantitative estimate of drug-likeness (QED) is 0.784. The van der Waals surface area contributed by atoms with E-state index in [1.54, 1.807) is 12.1 Å². The summed E-state index contributed by atoms with van der Waals surface area (Å²) in [6.45, 7) is 2.44. The van der Waals surface area contributed by atoms with E-state index in [0.29, 0.717) is 17.7 Å². The van der Waals surface area contributed by atoms with Gasteiger partial charge in [-0.3, -0.25) is 14.5 Å². The highest BCUT2D eigenvalue weighted by Crippen LogP contribution is 2.31. The molecule has 0 aromatic heterocycles. The molecule has 2 rings (SSSR count). The fraction of sp³-hybridized carbons (Fsp3) is 0.286. The lowest BCUT2D eigenvalue weighted by molar-refractivity contribution is -0.136. The largest absolute Gasteiger partial charge is 0.274 e. The maximum Gasteiger partial charge on any atom is 0.273 e. The lowest BCUT2D eigenvalue weighted by Gasteiger charge is -2.13. The van der Waals surface area contributed by atoms with Crippen LogP contribution in [0.25, 0.3) is 5.57 Å². The average Bonchev–Trinajstić information content (AvgIpc) is 2.60. The number of carbonyl (C=O) groups is 2. The fourth-order valence-electron chi connectivity index (χ4n) is 1.92. The van der Waals surface area contributed by atoms with Gasteiger partial charge < -0.3 is 0 Å². The molecule has 1 aromatic rings. The summed E-state index contributed by atoms with van der Waals surface area (Å²) >= 11 is 6.00. The maximum atomic E-state index is 12.2. The molecule has 0 radical (unpaired) electrons. The van der Waals surface area contributed by atoms with Crippen molar-refractivity contribution in [3.05, 3.63) is 40.9 Å². The normalized spacial score (nSPS) is 15.8. The van der Waals surface area contributed by atoms with Gasteiger partial charge in [-0.2, -0.15) is 0 Å². The van der Waals surface area contributed by atoms with Crippen molar-refractivity contribution >= 4 is 29.0 Å². The number of halogens is 1. The lowest BCUT2D eigenvalue weighted by Crippen LogP contribution is -2.32. The number of carbonyl (C=O) groups excluding carboxylic acids is 2. The number of hydrogen-bond acceptors (Lipinski definition) is 2. The van der Waals surface area contributed by atoms with Crippen LogP contribution < -0.4 is 0 Å². The van der Waals surface area contributed by atoms with E-state index in [9.17, 15) is 9.59 Å². The van der Waals surface area contributed by atoms with Crippen molar-refractivity contribution in [1.82, 2.24) is 4.90 Å². The maximum absolute atomic E-state index is 12.2. The van der Waals surface area contributed by atoms with E-state index in [4.69, 9.17) is 11.6 Å². The molecule has 0 fully saturated rings. The molecular formula is C14H14ClNO2. The minimum atomic E-state index is -0.381. The SMILES string of the molecule is CCCCN1C(=O)C(Cl)=C(c2ccccc2)C1=O. The van der Waals surface area contributed by atoms with E-state index in [1.165, 1.54) is 4.90 Å². The van der Waals surface area contributed by atoms with Gasteiger partial charge in [0.15, 0.2) is 0 Å². The number of amides is 2. The molecular weight excluding hydrogens is 250 g/mol. The molecule has 18 heavy (non-hydrogen) atoms. The van der Waals surface area contributed by atoms with Crippen LogP contribution >= 0.6 is 11.6 Å². The first-order chi connectivity index (χ1) is 8.66. The molecule has 0 atom stereocenters. The number of hydrogen-bond donors (Lipinski definition) is 0. The van der Waals surface area contributed by atoms with Crippen LogP contribution in [0.1, 0.15) is 25.3 Å². The van der Waals surface area contributed by atoms with E-state index < -0.39 is 0 Å². The third kappa shape index (κ3) is 2.18. The molecule has 2 amide bonds. The van der Waals surface area contributed by atoms with Crippen LogP contribution in [-0.4, -0.2) is 23.3 Å². The van der Waals surface area contributed by atoms with Gasteiger partial charge in [-0.15, -0.1) is 0 Å². The summed E-state index contributed by atoms with van der Waals surface area (Å²) in [4.78, 5) is 25.3. The molecule has 0 saturated carbocycles. The lowest BCUT2D eigenvalue weighted by atomic mass is 10.1. The van der Waals surface area contributed by atoms with Crippen molar-refractivity contribution in [2.45, 2.75) is 19.8 Å². The van der Waals surface area contributed by atoms with Gasteiger partial charge in [-0.25, -0.2) is 0 Å². The van der Waals surface area contributed by atoms with Gasteiger partial charge in [-0.1, -0.05) is 55.3 Å². The minimum absolute atomic E-state index is 0.0299. The highest BCUT2D eigenvalue weighted by Gasteiger charge is 2.37. The van der Waals surface area contributed by atoms with Crippen LogP contribution in [0.3, 0.4) is 0 Å². The molecule has 0 spiro atoms. The molecule has 0 saturated heterocycles. The van der Waals surface area contributed by atoms with Crippen molar-refractivity contribution < 1.29 is 9.59 Å². The Balaban J connectivity index is 2.32. The molecule has 94 valence electrons. The molecule has 1 aromatic carbocycles.